The first kappa shape index (κ1) is 18.8. The Morgan fingerprint density at radius 3 is 2.38 bits per heavy atom. The average Bonchev–Trinajstić information content (AvgIpc) is 3.13. The molecule has 0 radical (unpaired) electrons. The summed E-state index contributed by atoms with van der Waals surface area (Å²) in [5, 5.41) is 2.12. The fraction of sp³-hybridized carbons (Fsp3) is 0.474. The number of likely N-dealkylation sites (N-methyl/N-ethyl adjacent to an activating group) is 1. The molecule has 0 fully saturated rings. The van der Waals surface area contributed by atoms with Crippen molar-refractivity contribution < 1.29 is 14.2 Å². The molecule has 0 unspecified atom stereocenters. The van der Waals surface area contributed by atoms with Crippen LogP contribution in [0.25, 0.3) is 0 Å². The van der Waals surface area contributed by atoms with E-state index in [0.717, 1.165) is 23.5 Å². The molecule has 1 heterocycles. The van der Waals surface area contributed by atoms with Crippen molar-refractivity contribution in [3.05, 3.63) is 46.2 Å². The Morgan fingerprint density at radius 1 is 1.08 bits per heavy atom. The minimum absolute atomic E-state index is 0.0925. The van der Waals surface area contributed by atoms with Gasteiger partial charge < -0.3 is 14.2 Å². The topological polar surface area (TPSA) is 30.9 Å². The lowest BCUT2D eigenvalue weighted by molar-refractivity contribution is 0.00403. The Kier molecular flexibility index (Phi) is 6.66. The van der Waals surface area contributed by atoms with Crippen LogP contribution in [0, 0.1) is 0 Å². The van der Waals surface area contributed by atoms with E-state index >= 15 is 0 Å². The Balaban J connectivity index is 2.08. The van der Waals surface area contributed by atoms with Crippen LogP contribution in [0.2, 0.25) is 0 Å². The third kappa shape index (κ3) is 3.91. The molecule has 0 saturated carbocycles. The van der Waals surface area contributed by atoms with Crippen LogP contribution in [0.15, 0.2) is 35.7 Å². The van der Waals surface area contributed by atoms with Gasteiger partial charge in [-0.25, -0.2) is 0 Å². The Labute approximate surface area is 149 Å². The molecule has 1 aromatic carbocycles. The number of rotatable bonds is 9. The van der Waals surface area contributed by atoms with Crippen molar-refractivity contribution in [1.82, 2.24) is 4.90 Å². The lowest BCUT2D eigenvalue weighted by Gasteiger charge is -2.38. The molecule has 0 aliphatic rings. The first-order valence-corrected chi connectivity index (χ1v) is 8.95. The highest BCUT2D eigenvalue weighted by Gasteiger charge is 2.34. The van der Waals surface area contributed by atoms with Crippen LogP contribution >= 0.6 is 11.3 Å². The van der Waals surface area contributed by atoms with Crippen molar-refractivity contribution in [2.75, 3.05) is 34.9 Å². The molecule has 4 nitrogen and oxygen atoms in total. The molecule has 132 valence electrons. The molecule has 2 aromatic rings. The lowest BCUT2D eigenvalue weighted by atomic mass is 9.93. The molecule has 0 saturated heterocycles. The maximum atomic E-state index is 6.10. The summed E-state index contributed by atoms with van der Waals surface area (Å²) in [6.07, 6.45) is 0.993. The third-order valence-corrected chi connectivity index (χ3v) is 5.54. The minimum Gasteiger partial charge on any atom is -0.493 e. The second-order valence-corrected chi connectivity index (χ2v) is 6.89. The van der Waals surface area contributed by atoms with Gasteiger partial charge in [-0.3, -0.25) is 4.90 Å². The van der Waals surface area contributed by atoms with Gasteiger partial charge in [0.2, 0.25) is 0 Å². The second kappa shape index (κ2) is 8.51. The molecule has 1 aromatic heterocycles. The number of hydrogen-bond acceptors (Lipinski definition) is 5. The normalized spacial score (nSPS) is 13.8. The van der Waals surface area contributed by atoms with Gasteiger partial charge in [0.15, 0.2) is 11.5 Å². The summed E-state index contributed by atoms with van der Waals surface area (Å²) in [4.78, 5) is 3.59. The molecule has 0 aliphatic carbocycles. The highest BCUT2D eigenvalue weighted by Crippen LogP contribution is 2.34. The van der Waals surface area contributed by atoms with Crippen LogP contribution in [0.1, 0.15) is 23.8 Å². The smallest absolute Gasteiger partial charge is 0.161 e. The van der Waals surface area contributed by atoms with Crippen LogP contribution in [0.3, 0.4) is 0 Å². The molecule has 24 heavy (non-hydrogen) atoms. The van der Waals surface area contributed by atoms with Gasteiger partial charge in [-0.15, -0.1) is 11.3 Å². The number of ether oxygens (including phenoxy) is 3. The van der Waals surface area contributed by atoms with E-state index in [2.05, 4.69) is 43.4 Å². The van der Waals surface area contributed by atoms with Gasteiger partial charge in [-0.05, 0) is 49.7 Å². The number of nitrogens with zero attached hydrogens (tertiary/aromatic N) is 1. The third-order valence-electron chi connectivity index (χ3n) is 4.48. The monoisotopic (exact) mass is 349 g/mol. The van der Waals surface area contributed by atoms with Gasteiger partial charge in [0.05, 0.1) is 33.0 Å². The Morgan fingerprint density at radius 2 is 1.83 bits per heavy atom. The van der Waals surface area contributed by atoms with Crippen LogP contribution in [0.4, 0.5) is 0 Å². The van der Waals surface area contributed by atoms with E-state index in [1.54, 1.807) is 25.6 Å². The van der Waals surface area contributed by atoms with Crippen LogP contribution in [0.5, 0.6) is 11.5 Å². The fourth-order valence-corrected chi connectivity index (χ4v) is 3.93. The van der Waals surface area contributed by atoms with E-state index in [0.29, 0.717) is 13.2 Å². The van der Waals surface area contributed by atoms with Crippen molar-refractivity contribution in [2.45, 2.75) is 25.5 Å². The zero-order valence-corrected chi connectivity index (χ0v) is 16.0. The summed E-state index contributed by atoms with van der Waals surface area (Å²) in [6, 6.07) is 10.2. The molecular weight excluding hydrogens is 322 g/mol. The maximum absolute atomic E-state index is 6.10. The summed E-state index contributed by atoms with van der Waals surface area (Å²) in [7, 11) is 7.52. The predicted molar refractivity (Wildman–Crippen MR) is 99.2 cm³/mol. The second-order valence-electron chi connectivity index (χ2n) is 5.94. The summed E-state index contributed by atoms with van der Waals surface area (Å²) in [5.41, 5.74) is 0.979. The number of hydrogen-bond donors (Lipinski definition) is 0. The SMILES string of the molecule is CC[C@@](COCc1ccc(OC)c(OC)c1)(c1cccs1)N(C)C. The molecule has 0 spiro atoms. The van der Waals surface area contributed by atoms with Gasteiger partial charge in [0.25, 0.3) is 0 Å². The summed E-state index contributed by atoms with van der Waals surface area (Å²) < 4.78 is 16.7. The lowest BCUT2D eigenvalue weighted by Crippen LogP contribution is -2.44. The van der Waals surface area contributed by atoms with Crippen molar-refractivity contribution in [1.29, 1.82) is 0 Å². The van der Waals surface area contributed by atoms with Gasteiger partial charge in [-0.1, -0.05) is 19.1 Å². The molecule has 0 amide bonds. The minimum atomic E-state index is -0.0925. The van der Waals surface area contributed by atoms with Crippen molar-refractivity contribution in [3.8, 4) is 11.5 Å². The summed E-state index contributed by atoms with van der Waals surface area (Å²) in [5.74, 6) is 1.46. The highest BCUT2D eigenvalue weighted by molar-refractivity contribution is 7.10. The predicted octanol–water partition coefficient (Wildman–Crippen LogP) is 4.15. The molecule has 0 N–H and O–H groups in total. The van der Waals surface area contributed by atoms with E-state index in [9.17, 15) is 0 Å². The Bertz CT molecular complexity index is 628. The van der Waals surface area contributed by atoms with E-state index in [4.69, 9.17) is 14.2 Å². The zero-order chi connectivity index (χ0) is 17.6. The highest BCUT2D eigenvalue weighted by atomic mass is 32.1. The van der Waals surface area contributed by atoms with Crippen molar-refractivity contribution in [2.24, 2.45) is 0 Å². The first-order valence-electron chi connectivity index (χ1n) is 8.07. The summed E-state index contributed by atoms with van der Waals surface area (Å²) in [6.45, 7) is 3.40. The largest absolute Gasteiger partial charge is 0.493 e. The van der Waals surface area contributed by atoms with E-state index in [-0.39, 0.29) is 5.54 Å². The van der Waals surface area contributed by atoms with Crippen LogP contribution in [-0.4, -0.2) is 39.8 Å². The molecule has 5 heteroatoms. The summed E-state index contributed by atoms with van der Waals surface area (Å²) >= 11 is 1.78. The van der Waals surface area contributed by atoms with E-state index in [1.807, 2.05) is 18.2 Å². The van der Waals surface area contributed by atoms with Crippen LogP contribution in [-0.2, 0) is 16.9 Å². The van der Waals surface area contributed by atoms with E-state index < -0.39 is 0 Å². The van der Waals surface area contributed by atoms with E-state index in [1.165, 1.54) is 4.88 Å². The molecule has 0 bridgehead atoms. The van der Waals surface area contributed by atoms with Gasteiger partial charge in [0.1, 0.15) is 0 Å². The van der Waals surface area contributed by atoms with Crippen molar-refractivity contribution in [3.63, 3.8) is 0 Å². The number of methoxy groups -OCH3 is 2. The van der Waals surface area contributed by atoms with Gasteiger partial charge in [0, 0.05) is 4.88 Å². The molecule has 2 rings (SSSR count). The van der Waals surface area contributed by atoms with Crippen molar-refractivity contribution >= 4 is 11.3 Å². The molecule has 0 aliphatic heterocycles. The van der Waals surface area contributed by atoms with Gasteiger partial charge in [-0.2, -0.15) is 0 Å². The fourth-order valence-electron chi connectivity index (χ4n) is 2.86. The number of benzene rings is 1. The zero-order valence-electron chi connectivity index (χ0n) is 15.2. The quantitative estimate of drug-likeness (QED) is 0.680. The standard InChI is InChI=1S/C19H27NO3S/c1-6-19(20(2)3,18-8-7-11-24-18)14-23-13-15-9-10-16(21-4)17(12-15)22-5/h7-12H,6,13-14H2,1-5H3/t19-/m1/s1. The first-order chi connectivity index (χ1) is 11.6. The maximum Gasteiger partial charge on any atom is 0.161 e. The van der Waals surface area contributed by atoms with Gasteiger partial charge >= 0.3 is 0 Å². The average molecular weight is 349 g/mol. The molecule has 1 atom stereocenters. The Hall–Kier alpha value is -1.56. The van der Waals surface area contributed by atoms with Crippen LogP contribution < -0.4 is 9.47 Å². The number of thiophene rings is 1. The molecular formula is C19H27NO3S.